The molecular weight excluding hydrogens is 305 g/mol. The van der Waals surface area contributed by atoms with Gasteiger partial charge in [0.25, 0.3) is 0 Å². The number of nitrogens with one attached hydrogen (secondary N) is 1. The molecule has 2 aromatic carbocycles. The van der Waals surface area contributed by atoms with Crippen LogP contribution in [0.5, 0.6) is 5.75 Å². The fraction of sp³-hybridized carbons (Fsp3) is 0.294. The molecule has 3 rings (SSSR count). The summed E-state index contributed by atoms with van der Waals surface area (Å²) in [6.45, 7) is 0.848. The van der Waals surface area contributed by atoms with E-state index in [2.05, 4.69) is 17.4 Å². The van der Waals surface area contributed by atoms with E-state index in [4.69, 9.17) is 27.9 Å². The van der Waals surface area contributed by atoms with Crippen molar-refractivity contribution in [2.24, 2.45) is 0 Å². The Balaban J connectivity index is 1.97. The lowest BCUT2D eigenvalue weighted by Gasteiger charge is -2.13. The summed E-state index contributed by atoms with van der Waals surface area (Å²) >= 11 is 12.6. The van der Waals surface area contributed by atoms with Crippen LogP contribution in [-0.2, 0) is 6.54 Å². The third kappa shape index (κ3) is 3.34. The highest BCUT2D eigenvalue weighted by Gasteiger charge is 2.21. The van der Waals surface area contributed by atoms with Crippen LogP contribution in [0.3, 0.4) is 0 Å². The van der Waals surface area contributed by atoms with Gasteiger partial charge >= 0.3 is 0 Å². The normalized spacial score (nSPS) is 14.2. The Bertz CT molecular complexity index is 653. The van der Waals surface area contributed by atoms with Crippen molar-refractivity contribution in [1.82, 2.24) is 5.32 Å². The van der Waals surface area contributed by atoms with Crippen molar-refractivity contribution in [2.45, 2.75) is 25.4 Å². The Morgan fingerprint density at radius 2 is 1.86 bits per heavy atom. The van der Waals surface area contributed by atoms with Crippen LogP contribution in [0.15, 0.2) is 36.4 Å². The molecule has 0 heterocycles. The molecular formula is C17H17Cl2NO. The topological polar surface area (TPSA) is 21.3 Å². The van der Waals surface area contributed by atoms with Crippen LogP contribution in [0.4, 0.5) is 0 Å². The molecule has 21 heavy (non-hydrogen) atoms. The van der Waals surface area contributed by atoms with Crippen molar-refractivity contribution in [3.63, 3.8) is 0 Å². The fourth-order valence-corrected chi connectivity index (χ4v) is 2.87. The van der Waals surface area contributed by atoms with Crippen LogP contribution >= 0.6 is 23.2 Å². The first kappa shape index (κ1) is 14.7. The van der Waals surface area contributed by atoms with E-state index < -0.39 is 0 Å². The predicted octanol–water partition coefficient (Wildman–Crippen LogP) is 4.92. The molecule has 0 aliphatic heterocycles. The van der Waals surface area contributed by atoms with E-state index in [1.165, 1.54) is 18.4 Å². The van der Waals surface area contributed by atoms with Crippen LogP contribution < -0.4 is 10.1 Å². The molecule has 1 N–H and O–H groups in total. The Labute approximate surface area is 135 Å². The van der Waals surface area contributed by atoms with Gasteiger partial charge in [0.05, 0.1) is 17.2 Å². The molecule has 0 unspecified atom stereocenters. The highest BCUT2D eigenvalue weighted by atomic mass is 35.5. The Hall–Kier alpha value is -1.22. The van der Waals surface area contributed by atoms with Crippen LogP contribution in [0.25, 0.3) is 11.1 Å². The summed E-state index contributed by atoms with van der Waals surface area (Å²) < 4.78 is 5.21. The molecule has 0 spiro atoms. The highest BCUT2D eigenvalue weighted by Crippen LogP contribution is 2.38. The number of ether oxygens (including phenoxy) is 1. The molecule has 110 valence electrons. The maximum Gasteiger partial charge on any atom is 0.138 e. The lowest BCUT2D eigenvalue weighted by molar-refractivity contribution is 0.415. The largest absolute Gasteiger partial charge is 0.495 e. The van der Waals surface area contributed by atoms with E-state index in [1.807, 2.05) is 18.2 Å². The molecule has 0 radical (unpaired) electrons. The first-order valence-electron chi connectivity index (χ1n) is 7.03. The van der Waals surface area contributed by atoms with Crippen molar-refractivity contribution < 1.29 is 4.74 Å². The van der Waals surface area contributed by atoms with Crippen molar-refractivity contribution in [3.8, 4) is 16.9 Å². The van der Waals surface area contributed by atoms with Gasteiger partial charge in [0.15, 0.2) is 0 Å². The maximum atomic E-state index is 6.40. The van der Waals surface area contributed by atoms with Gasteiger partial charge in [0, 0.05) is 24.2 Å². The van der Waals surface area contributed by atoms with Gasteiger partial charge in [-0.3, -0.25) is 0 Å². The summed E-state index contributed by atoms with van der Waals surface area (Å²) in [5, 5.41) is 4.76. The molecule has 4 heteroatoms. The molecule has 0 saturated heterocycles. The fourth-order valence-electron chi connectivity index (χ4n) is 2.37. The highest BCUT2D eigenvalue weighted by molar-refractivity contribution is 6.36. The van der Waals surface area contributed by atoms with Gasteiger partial charge in [-0.15, -0.1) is 0 Å². The zero-order valence-corrected chi connectivity index (χ0v) is 13.3. The molecule has 1 saturated carbocycles. The number of methoxy groups -OCH3 is 1. The van der Waals surface area contributed by atoms with E-state index in [0.29, 0.717) is 21.8 Å². The first-order chi connectivity index (χ1) is 10.2. The standard InChI is InChI=1S/C17H17Cl2NO/c1-21-17-9-15(18)14(8-16(17)19)13-5-3-2-4-11(13)10-20-12-6-7-12/h2-5,8-9,12,20H,6-7,10H2,1H3. The minimum atomic E-state index is 0.571. The van der Waals surface area contributed by atoms with Gasteiger partial charge in [-0.05, 0) is 30.0 Å². The average molecular weight is 322 g/mol. The van der Waals surface area contributed by atoms with Gasteiger partial charge in [0.2, 0.25) is 0 Å². The predicted molar refractivity (Wildman–Crippen MR) is 88.3 cm³/mol. The van der Waals surface area contributed by atoms with Crippen molar-refractivity contribution in [2.75, 3.05) is 7.11 Å². The number of benzene rings is 2. The molecule has 1 fully saturated rings. The summed E-state index contributed by atoms with van der Waals surface area (Å²) in [7, 11) is 1.59. The molecule has 1 aliphatic carbocycles. The smallest absolute Gasteiger partial charge is 0.138 e. The summed E-state index contributed by atoms with van der Waals surface area (Å²) in [5.41, 5.74) is 3.28. The van der Waals surface area contributed by atoms with Gasteiger partial charge in [-0.1, -0.05) is 47.5 Å². The van der Waals surface area contributed by atoms with Gasteiger partial charge in [-0.25, -0.2) is 0 Å². The third-order valence-electron chi connectivity index (χ3n) is 3.71. The monoisotopic (exact) mass is 321 g/mol. The number of hydrogen-bond donors (Lipinski definition) is 1. The molecule has 0 aromatic heterocycles. The molecule has 1 aliphatic rings. The van der Waals surface area contributed by atoms with Crippen molar-refractivity contribution >= 4 is 23.2 Å². The summed E-state index contributed by atoms with van der Waals surface area (Å²) in [6.07, 6.45) is 2.55. The SMILES string of the molecule is COc1cc(Cl)c(-c2ccccc2CNC2CC2)cc1Cl. The van der Waals surface area contributed by atoms with Crippen LogP contribution in [-0.4, -0.2) is 13.2 Å². The summed E-state index contributed by atoms with van der Waals surface area (Å²) in [5.74, 6) is 0.596. The number of hydrogen-bond acceptors (Lipinski definition) is 2. The van der Waals surface area contributed by atoms with Crippen LogP contribution in [0, 0.1) is 0 Å². The zero-order chi connectivity index (χ0) is 14.8. The van der Waals surface area contributed by atoms with E-state index in [-0.39, 0.29) is 0 Å². The lowest BCUT2D eigenvalue weighted by Crippen LogP contribution is -2.15. The van der Waals surface area contributed by atoms with E-state index in [1.54, 1.807) is 13.2 Å². The Morgan fingerprint density at radius 1 is 1.10 bits per heavy atom. The van der Waals surface area contributed by atoms with Crippen LogP contribution in [0.2, 0.25) is 10.0 Å². The van der Waals surface area contributed by atoms with Gasteiger partial charge in [-0.2, -0.15) is 0 Å². The zero-order valence-electron chi connectivity index (χ0n) is 11.8. The second-order valence-electron chi connectivity index (χ2n) is 5.28. The minimum absolute atomic E-state index is 0.571. The van der Waals surface area contributed by atoms with E-state index in [0.717, 1.165) is 17.7 Å². The van der Waals surface area contributed by atoms with Gasteiger partial charge in [0.1, 0.15) is 5.75 Å². The summed E-state index contributed by atoms with van der Waals surface area (Å²) in [6, 6.07) is 12.6. The second-order valence-corrected chi connectivity index (χ2v) is 6.09. The maximum absolute atomic E-state index is 6.40. The molecule has 0 amide bonds. The number of halogens is 2. The first-order valence-corrected chi connectivity index (χ1v) is 7.79. The van der Waals surface area contributed by atoms with Crippen molar-refractivity contribution in [1.29, 1.82) is 0 Å². The minimum Gasteiger partial charge on any atom is -0.495 e. The van der Waals surface area contributed by atoms with Crippen LogP contribution in [0.1, 0.15) is 18.4 Å². The second kappa shape index (κ2) is 6.27. The quantitative estimate of drug-likeness (QED) is 0.843. The molecule has 0 bridgehead atoms. The number of rotatable bonds is 5. The molecule has 0 atom stereocenters. The Morgan fingerprint density at radius 3 is 2.57 bits per heavy atom. The summed E-state index contributed by atoms with van der Waals surface area (Å²) in [4.78, 5) is 0. The van der Waals surface area contributed by atoms with E-state index in [9.17, 15) is 0 Å². The van der Waals surface area contributed by atoms with Gasteiger partial charge < -0.3 is 10.1 Å². The third-order valence-corrected chi connectivity index (χ3v) is 4.32. The van der Waals surface area contributed by atoms with E-state index >= 15 is 0 Å². The average Bonchev–Trinajstić information content (AvgIpc) is 3.32. The molecule has 2 nitrogen and oxygen atoms in total. The molecule has 2 aromatic rings. The Kier molecular flexibility index (Phi) is 4.39. The lowest BCUT2D eigenvalue weighted by atomic mass is 9.99. The van der Waals surface area contributed by atoms with Crippen molar-refractivity contribution in [3.05, 3.63) is 52.0 Å².